The van der Waals surface area contributed by atoms with Crippen LogP contribution in [0.2, 0.25) is 0 Å². The van der Waals surface area contributed by atoms with Crippen molar-refractivity contribution in [3.63, 3.8) is 0 Å². The Morgan fingerprint density at radius 3 is 2.89 bits per heavy atom. The molecular weight excluding hydrogens is 368 g/mol. The fourth-order valence-electron chi connectivity index (χ4n) is 3.53. The summed E-state index contributed by atoms with van der Waals surface area (Å²) in [7, 11) is 0. The van der Waals surface area contributed by atoms with E-state index >= 15 is 0 Å². The number of fused-ring (bicyclic) bond motifs is 2. The van der Waals surface area contributed by atoms with Gasteiger partial charge >= 0.3 is 0 Å². The number of ether oxygens (including phenoxy) is 1. The van der Waals surface area contributed by atoms with Crippen molar-refractivity contribution in [1.82, 2.24) is 15.0 Å². The number of nitrogens with zero attached hydrogens (tertiary/aromatic N) is 3. The van der Waals surface area contributed by atoms with Crippen molar-refractivity contribution >= 4 is 34.2 Å². The second kappa shape index (κ2) is 7.13. The minimum Gasteiger partial charge on any atom is -0.493 e. The van der Waals surface area contributed by atoms with Crippen LogP contribution in [0.15, 0.2) is 66.1 Å². The number of hydrogen-bond donors (Lipinski definition) is 1. The monoisotopic (exact) mass is 386 g/mol. The first kappa shape index (κ1) is 17.0. The molecule has 0 saturated heterocycles. The summed E-state index contributed by atoms with van der Waals surface area (Å²) < 4.78 is 5.66. The summed E-state index contributed by atoms with van der Waals surface area (Å²) in [6.07, 6.45) is 10.1. The zero-order valence-corrected chi connectivity index (χ0v) is 16.2. The van der Waals surface area contributed by atoms with Crippen molar-refractivity contribution in [2.24, 2.45) is 0 Å². The Bertz CT molecular complexity index is 1180. The molecule has 138 valence electrons. The van der Waals surface area contributed by atoms with Gasteiger partial charge in [0.15, 0.2) is 0 Å². The van der Waals surface area contributed by atoms with Crippen LogP contribution < -0.4 is 10.1 Å². The van der Waals surface area contributed by atoms with Crippen LogP contribution in [-0.2, 0) is 6.42 Å². The Balaban J connectivity index is 1.64. The van der Waals surface area contributed by atoms with Gasteiger partial charge < -0.3 is 10.1 Å². The molecule has 1 N–H and O–H groups in total. The van der Waals surface area contributed by atoms with Crippen molar-refractivity contribution in [3.8, 4) is 16.9 Å². The van der Waals surface area contributed by atoms with Crippen molar-refractivity contribution in [1.29, 1.82) is 0 Å². The average Bonchev–Trinajstić information content (AvgIpc) is 3.21. The smallest absolute Gasteiger partial charge is 0.122 e. The predicted octanol–water partition coefficient (Wildman–Crippen LogP) is 5.09. The lowest BCUT2D eigenvalue weighted by molar-refractivity contribution is 0.357. The van der Waals surface area contributed by atoms with Gasteiger partial charge in [-0.25, -0.2) is 0 Å². The first-order valence-corrected chi connectivity index (χ1v) is 10.3. The maximum atomic E-state index is 5.66. The Labute approximate surface area is 167 Å². The highest BCUT2D eigenvalue weighted by Gasteiger charge is 2.15. The Morgan fingerprint density at radius 1 is 1.04 bits per heavy atom. The fourth-order valence-corrected chi connectivity index (χ4v) is 4.05. The second-order valence-electron chi connectivity index (χ2n) is 6.57. The molecule has 0 bridgehead atoms. The van der Waals surface area contributed by atoms with Crippen LogP contribution in [0, 0.1) is 0 Å². The summed E-state index contributed by atoms with van der Waals surface area (Å²) in [5, 5.41) is 3.50. The third-order valence-electron chi connectivity index (χ3n) is 4.85. The molecule has 0 spiro atoms. The molecule has 3 heterocycles. The maximum absolute atomic E-state index is 5.66. The number of benzene rings is 2. The highest BCUT2D eigenvalue weighted by Crippen LogP contribution is 2.36. The van der Waals surface area contributed by atoms with E-state index in [1.54, 1.807) is 30.4 Å². The normalized spacial score (nSPS) is 12.6. The van der Waals surface area contributed by atoms with Crippen LogP contribution in [0.4, 0.5) is 11.4 Å². The number of nitrogens with one attached hydrogen (secondary N) is 1. The van der Waals surface area contributed by atoms with E-state index in [0.29, 0.717) is 0 Å². The van der Waals surface area contributed by atoms with Crippen molar-refractivity contribution in [2.75, 3.05) is 18.2 Å². The average molecular weight is 386 g/mol. The van der Waals surface area contributed by atoms with Crippen LogP contribution in [-0.4, -0.2) is 27.8 Å². The predicted molar refractivity (Wildman–Crippen MR) is 113 cm³/mol. The zero-order chi connectivity index (χ0) is 18.9. The third kappa shape index (κ3) is 3.05. The molecule has 0 aliphatic carbocycles. The van der Waals surface area contributed by atoms with Gasteiger partial charge in [-0.3, -0.25) is 15.0 Å². The molecular formula is C22H18N4OS. The fraction of sp³-hybridized carbons (Fsp3) is 0.136. The maximum Gasteiger partial charge on any atom is 0.122 e. The molecule has 6 heteroatoms. The lowest BCUT2D eigenvalue weighted by Crippen LogP contribution is -1.96. The van der Waals surface area contributed by atoms with Gasteiger partial charge in [-0.05, 0) is 47.7 Å². The minimum atomic E-state index is 0.749. The van der Waals surface area contributed by atoms with Crippen LogP contribution in [0.1, 0.15) is 5.56 Å². The summed E-state index contributed by atoms with van der Waals surface area (Å²) in [5.74, 6) is 0.980. The molecule has 2 aromatic heterocycles. The molecule has 5 nitrogen and oxygen atoms in total. The molecule has 0 saturated carbocycles. The van der Waals surface area contributed by atoms with Crippen molar-refractivity contribution < 1.29 is 4.74 Å². The van der Waals surface area contributed by atoms with Gasteiger partial charge in [0.25, 0.3) is 0 Å². The van der Waals surface area contributed by atoms with E-state index in [-0.39, 0.29) is 0 Å². The van der Waals surface area contributed by atoms with Gasteiger partial charge in [0, 0.05) is 41.2 Å². The molecule has 0 amide bonds. The molecule has 2 aromatic carbocycles. The third-order valence-corrected chi connectivity index (χ3v) is 5.65. The van der Waals surface area contributed by atoms with Crippen LogP contribution in [0.25, 0.3) is 22.2 Å². The first-order valence-electron chi connectivity index (χ1n) is 9.08. The highest BCUT2D eigenvalue weighted by molar-refractivity contribution is 7.98. The number of thioether (sulfide) groups is 1. The molecule has 0 radical (unpaired) electrons. The number of hydrogen-bond acceptors (Lipinski definition) is 6. The molecule has 4 aromatic rings. The number of anilines is 2. The molecule has 28 heavy (non-hydrogen) atoms. The summed E-state index contributed by atoms with van der Waals surface area (Å²) in [6, 6.07) is 12.5. The minimum absolute atomic E-state index is 0.749. The van der Waals surface area contributed by atoms with E-state index in [2.05, 4.69) is 44.7 Å². The van der Waals surface area contributed by atoms with E-state index in [4.69, 9.17) is 4.74 Å². The SMILES string of the molecule is CSc1ccncc1Nc1cc(-c2ccc3c(c2)CCO3)c2nccnc2c1. The molecule has 1 aliphatic heterocycles. The Kier molecular flexibility index (Phi) is 4.33. The van der Waals surface area contributed by atoms with Crippen molar-refractivity contribution in [2.45, 2.75) is 11.3 Å². The largest absolute Gasteiger partial charge is 0.493 e. The van der Waals surface area contributed by atoms with E-state index in [1.165, 1.54) is 5.56 Å². The van der Waals surface area contributed by atoms with Crippen LogP contribution in [0.5, 0.6) is 5.75 Å². The first-order chi connectivity index (χ1) is 13.8. The van der Waals surface area contributed by atoms with E-state index < -0.39 is 0 Å². The van der Waals surface area contributed by atoms with Crippen LogP contribution in [0.3, 0.4) is 0 Å². The summed E-state index contributed by atoms with van der Waals surface area (Å²) in [6.45, 7) is 0.749. The molecule has 0 atom stereocenters. The molecule has 1 aliphatic rings. The zero-order valence-electron chi connectivity index (χ0n) is 15.3. The van der Waals surface area contributed by atoms with Gasteiger partial charge in [-0.15, -0.1) is 11.8 Å². The molecule has 0 fully saturated rings. The van der Waals surface area contributed by atoms with Crippen molar-refractivity contribution in [3.05, 3.63) is 66.7 Å². The van der Waals surface area contributed by atoms with E-state index in [0.717, 1.165) is 57.2 Å². The van der Waals surface area contributed by atoms with Gasteiger partial charge in [0.2, 0.25) is 0 Å². The van der Waals surface area contributed by atoms with Gasteiger partial charge in [0.05, 0.1) is 29.5 Å². The Hall–Kier alpha value is -3.12. The molecule has 0 unspecified atom stereocenters. The summed E-state index contributed by atoms with van der Waals surface area (Å²) in [5.41, 5.74) is 7.10. The highest BCUT2D eigenvalue weighted by atomic mass is 32.2. The van der Waals surface area contributed by atoms with E-state index in [9.17, 15) is 0 Å². The number of pyridine rings is 1. The number of rotatable bonds is 4. The topological polar surface area (TPSA) is 59.9 Å². The van der Waals surface area contributed by atoms with E-state index in [1.807, 2.05) is 24.4 Å². The quantitative estimate of drug-likeness (QED) is 0.493. The molecule has 5 rings (SSSR count). The van der Waals surface area contributed by atoms with Gasteiger partial charge in [-0.2, -0.15) is 0 Å². The standard InChI is InChI=1S/C22H18N4OS/c1-28-21-4-6-23-13-19(21)26-16-11-17(22-18(12-16)24-7-8-25-22)14-2-3-20-15(10-14)5-9-27-20/h2-4,6-8,10-13,26H,5,9H2,1H3. The van der Waals surface area contributed by atoms with Gasteiger partial charge in [-0.1, -0.05) is 6.07 Å². The van der Waals surface area contributed by atoms with Gasteiger partial charge in [0.1, 0.15) is 5.75 Å². The Morgan fingerprint density at radius 2 is 1.96 bits per heavy atom. The second-order valence-corrected chi connectivity index (χ2v) is 7.42. The lowest BCUT2D eigenvalue weighted by atomic mass is 9.99. The summed E-state index contributed by atoms with van der Waals surface area (Å²) in [4.78, 5) is 14.5. The lowest BCUT2D eigenvalue weighted by Gasteiger charge is -2.13. The van der Waals surface area contributed by atoms with Crippen LogP contribution >= 0.6 is 11.8 Å². The summed E-state index contributed by atoms with van der Waals surface area (Å²) >= 11 is 1.69. The number of aromatic nitrogens is 3.